The number of halogens is 1. The Morgan fingerprint density at radius 2 is 2.00 bits per heavy atom. The van der Waals surface area contributed by atoms with E-state index in [2.05, 4.69) is 21.2 Å². The number of nitrogens with two attached hydrogens (primary N) is 1. The summed E-state index contributed by atoms with van der Waals surface area (Å²) in [5.41, 5.74) is 7.53. The summed E-state index contributed by atoms with van der Waals surface area (Å²) in [6, 6.07) is 9.56. The molecule has 1 aromatic heterocycles. The van der Waals surface area contributed by atoms with Crippen molar-refractivity contribution in [1.82, 2.24) is 5.32 Å². The summed E-state index contributed by atoms with van der Waals surface area (Å²) in [6.07, 6.45) is 0.801. The van der Waals surface area contributed by atoms with Crippen molar-refractivity contribution in [3.8, 4) is 0 Å². The molecule has 2 aromatic rings. The molecule has 1 aromatic carbocycles. The zero-order valence-electron chi connectivity index (χ0n) is 9.65. The second-order valence-corrected chi connectivity index (χ2v) is 5.62. The summed E-state index contributed by atoms with van der Waals surface area (Å²) in [4.78, 5) is 12.5. The quantitative estimate of drug-likeness (QED) is 0.849. The smallest absolute Gasteiger partial charge is 0.262 e. The van der Waals surface area contributed by atoms with Crippen LogP contribution in [0, 0.1) is 0 Å². The Labute approximate surface area is 118 Å². The predicted molar refractivity (Wildman–Crippen MR) is 78.9 cm³/mol. The maximum Gasteiger partial charge on any atom is 0.262 e. The van der Waals surface area contributed by atoms with E-state index < -0.39 is 0 Å². The Morgan fingerprint density at radius 1 is 1.28 bits per heavy atom. The predicted octanol–water partition coefficient (Wildman–Crippen LogP) is 3.07. The van der Waals surface area contributed by atoms with Gasteiger partial charge in [0.1, 0.15) is 4.88 Å². The highest BCUT2D eigenvalue weighted by atomic mass is 79.9. The molecule has 94 valence electrons. The van der Waals surface area contributed by atoms with Crippen LogP contribution >= 0.6 is 27.3 Å². The third-order valence-corrected chi connectivity index (χ3v) is 4.34. The van der Waals surface area contributed by atoms with Crippen LogP contribution in [0.3, 0.4) is 0 Å². The average molecular weight is 325 g/mol. The van der Waals surface area contributed by atoms with E-state index >= 15 is 0 Å². The van der Waals surface area contributed by atoms with Crippen molar-refractivity contribution in [2.45, 2.75) is 6.42 Å². The van der Waals surface area contributed by atoms with Gasteiger partial charge in [-0.3, -0.25) is 4.79 Å². The Hall–Kier alpha value is -1.33. The Balaban J connectivity index is 1.84. The molecule has 0 aliphatic rings. The van der Waals surface area contributed by atoms with Gasteiger partial charge in [-0.1, -0.05) is 12.1 Å². The second kappa shape index (κ2) is 6.02. The third kappa shape index (κ3) is 3.34. The summed E-state index contributed by atoms with van der Waals surface area (Å²) in [5, 5.41) is 4.79. The molecule has 0 aliphatic heterocycles. The topological polar surface area (TPSA) is 55.1 Å². The monoisotopic (exact) mass is 324 g/mol. The van der Waals surface area contributed by atoms with Crippen LogP contribution in [-0.4, -0.2) is 12.5 Å². The first-order valence-electron chi connectivity index (χ1n) is 5.52. The van der Waals surface area contributed by atoms with Gasteiger partial charge >= 0.3 is 0 Å². The van der Waals surface area contributed by atoms with Crippen molar-refractivity contribution >= 4 is 38.9 Å². The average Bonchev–Trinajstić information content (AvgIpc) is 2.78. The number of benzene rings is 1. The van der Waals surface area contributed by atoms with Crippen molar-refractivity contribution in [2.24, 2.45) is 0 Å². The molecule has 0 spiro atoms. The summed E-state index contributed by atoms with van der Waals surface area (Å²) < 4.78 is 0.845. The number of thiophene rings is 1. The number of anilines is 1. The Kier molecular flexibility index (Phi) is 4.38. The fourth-order valence-electron chi connectivity index (χ4n) is 1.54. The van der Waals surface area contributed by atoms with E-state index in [9.17, 15) is 4.79 Å². The van der Waals surface area contributed by atoms with E-state index in [4.69, 9.17) is 5.73 Å². The number of hydrogen-bond acceptors (Lipinski definition) is 3. The zero-order chi connectivity index (χ0) is 13.0. The molecule has 0 unspecified atom stereocenters. The first kappa shape index (κ1) is 13.1. The molecule has 1 heterocycles. The Morgan fingerprint density at radius 3 is 2.61 bits per heavy atom. The van der Waals surface area contributed by atoms with E-state index in [1.54, 1.807) is 0 Å². The molecule has 0 bridgehead atoms. The lowest BCUT2D eigenvalue weighted by atomic mass is 10.1. The maximum atomic E-state index is 11.8. The van der Waals surface area contributed by atoms with Crippen LogP contribution in [0.15, 0.2) is 40.2 Å². The minimum absolute atomic E-state index is 0.0349. The largest absolute Gasteiger partial charge is 0.399 e. The van der Waals surface area contributed by atoms with Crippen LogP contribution in [0.4, 0.5) is 5.69 Å². The van der Waals surface area contributed by atoms with Gasteiger partial charge in [0.15, 0.2) is 0 Å². The standard InChI is InChI=1S/C13H13BrN2OS/c14-11-6-8-18-12(11)13(17)16-7-5-9-1-3-10(15)4-2-9/h1-4,6,8H,5,7,15H2,(H,16,17). The lowest BCUT2D eigenvalue weighted by molar-refractivity contribution is 0.0957. The molecule has 0 saturated heterocycles. The summed E-state index contributed by atoms with van der Waals surface area (Å²) in [6.45, 7) is 0.618. The van der Waals surface area contributed by atoms with E-state index in [1.165, 1.54) is 11.3 Å². The van der Waals surface area contributed by atoms with Crippen molar-refractivity contribution < 1.29 is 4.79 Å². The number of hydrogen-bond donors (Lipinski definition) is 2. The maximum absolute atomic E-state index is 11.8. The van der Waals surface area contributed by atoms with Crippen LogP contribution in [0.2, 0.25) is 0 Å². The number of rotatable bonds is 4. The molecular weight excluding hydrogens is 312 g/mol. The Bertz CT molecular complexity index is 536. The first-order valence-corrected chi connectivity index (χ1v) is 7.19. The van der Waals surface area contributed by atoms with E-state index in [0.29, 0.717) is 11.4 Å². The highest BCUT2D eigenvalue weighted by Gasteiger charge is 2.10. The molecule has 2 rings (SSSR count). The van der Waals surface area contributed by atoms with Crippen LogP contribution in [0.1, 0.15) is 15.2 Å². The fourth-order valence-corrected chi connectivity index (χ4v) is 3.01. The van der Waals surface area contributed by atoms with Crippen molar-refractivity contribution in [3.63, 3.8) is 0 Å². The second-order valence-electron chi connectivity index (χ2n) is 3.85. The highest BCUT2D eigenvalue weighted by molar-refractivity contribution is 9.10. The van der Waals surface area contributed by atoms with Gasteiger partial charge in [0.05, 0.1) is 0 Å². The van der Waals surface area contributed by atoms with Gasteiger partial charge in [-0.15, -0.1) is 11.3 Å². The number of amides is 1. The summed E-state index contributed by atoms with van der Waals surface area (Å²) in [5.74, 6) is -0.0349. The van der Waals surface area contributed by atoms with E-state index in [-0.39, 0.29) is 5.91 Å². The molecular formula is C13H13BrN2OS. The summed E-state index contributed by atoms with van der Waals surface area (Å²) in [7, 11) is 0. The van der Waals surface area contributed by atoms with Crippen molar-refractivity contribution in [3.05, 3.63) is 50.6 Å². The molecule has 0 aliphatic carbocycles. The lowest BCUT2D eigenvalue weighted by Gasteiger charge is -2.04. The molecule has 0 atom stereocenters. The third-order valence-electron chi connectivity index (χ3n) is 2.50. The zero-order valence-corrected chi connectivity index (χ0v) is 12.1. The van der Waals surface area contributed by atoms with E-state index in [1.807, 2.05) is 35.7 Å². The van der Waals surface area contributed by atoms with Gasteiger partial charge in [-0.2, -0.15) is 0 Å². The molecule has 0 saturated carbocycles. The van der Waals surface area contributed by atoms with E-state index in [0.717, 1.165) is 22.1 Å². The number of carbonyl (C=O) groups is 1. The highest BCUT2D eigenvalue weighted by Crippen LogP contribution is 2.22. The number of nitrogens with one attached hydrogen (secondary N) is 1. The van der Waals surface area contributed by atoms with Crippen LogP contribution in [0.25, 0.3) is 0 Å². The first-order chi connectivity index (χ1) is 8.66. The molecule has 5 heteroatoms. The minimum atomic E-state index is -0.0349. The molecule has 0 fully saturated rings. The molecule has 18 heavy (non-hydrogen) atoms. The van der Waals surface area contributed by atoms with Crippen molar-refractivity contribution in [1.29, 1.82) is 0 Å². The van der Waals surface area contributed by atoms with Gasteiger partial charge in [0.25, 0.3) is 5.91 Å². The van der Waals surface area contributed by atoms with Crippen molar-refractivity contribution in [2.75, 3.05) is 12.3 Å². The normalized spacial score (nSPS) is 10.3. The molecule has 0 radical (unpaired) electrons. The number of carbonyl (C=O) groups excluding carboxylic acids is 1. The SMILES string of the molecule is Nc1ccc(CCNC(=O)c2sccc2Br)cc1. The lowest BCUT2D eigenvalue weighted by Crippen LogP contribution is -2.25. The van der Waals surface area contributed by atoms with Gasteiger partial charge in [-0.05, 0) is 51.5 Å². The summed E-state index contributed by atoms with van der Waals surface area (Å²) >= 11 is 4.78. The van der Waals surface area contributed by atoms with Gasteiger partial charge in [0.2, 0.25) is 0 Å². The van der Waals surface area contributed by atoms with Gasteiger partial charge in [-0.25, -0.2) is 0 Å². The minimum Gasteiger partial charge on any atom is -0.399 e. The molecule has 3 N–H and O–H groups in total. The number of nitrogen functional groups attached to an aromatic ring is 1. The molecule has 1 amide bonds. The van der Waals surface area contributed by atoms with Gasteiger partial charge in [0, 0.05) is 16.7 Å². The van der Waals surface area contributed by atoms with Crippen LogP contribution < -0.4 is 11.1 Å². The molecule has 3 nitrogen and oxygen atoms in total. The fraction of sp³-hybridized carbons (Fsp3) is 0.154. The van der Waals surface area contributed by atoms with Gasteiger partial charge < -0.3 is 11.1 Å². The van der Waals surface area contributed by atoms with Crippen LogP contribution in [0.5, 0.6) is 0 Å². The van der Waals surface area contributed by atoms with Crippen LogP contribution in [-0.2, 0) is 6.42 Å².